The monoisotopic (exact) mass is 326 g/mol. The van der Waals surface area contributed by atoms with Crippen LogP contribution in [0.5, 0.6) is 5.75 Å². The molecule has 0 radical (unpaired) electrons. The lowest BCUT2D eigenvalue weighted by atomic mass is 10.00. The maximum absolute atomic E-state index is 13.0. The van der Waals surface area contributed by atoms with E-state index >= 15 is 0 Å². The molecule has 1 aliphatic heterocycles. The van der Waals surface area contributed by atoms with Crippen molar-refractivity contribution in [2.24, 2.45) is 5.92 Å². The van der Waals surface area contributed by atoms with Crippen LogP contribution < -0.4 is 10.1 Å². The number of ether oxygens (including phenoxy) is 1. The van der Waals surface area contributed by atoms with Gasteiger partial charge in [-0.2, -0.15) is 4.31 Å². The third-order valence-electron chi connectivity index (χ3n) is 4.28. The van der Waals surface area contributed by atoms with E-state index in [-0.39, 0.29) is 0 Å². The third kappa shape index (κ3) is 3.45. The van der Waals surface area contributed by atoms with Crippen molar-refractivity contribution in [3.63, 3.8) is 0 Å². The number of rotatable bonds is 5. The highest BCUT2D eigenvalue weighted by atomic mass is 32.2. The molecular formula is C16H26N2O3S. The summed E-state index contributed by atoms with van der Waals surface area (Å²) in [6, 6.07) is 3.53. The fraction of sp³-hybridized carbons (Fsp3) is 0.625. The maximum Gasteiger partial charge on any atom is 0.243 e. The molecule has 1 heterocycles. The van der Waals surface area contributed by atoms with Crippen LogP contribution in [-0.2, 0) is 10.0 Å². The first-order valence-electron chi connectivity index (χ1n) is 7.70. The molecule has 1 fully saturated rings. The van der Waals surface area contributed by atoms with E-state index in [2.05, 4.69) is 5.32 Å². The summed E-state index contributed by atoms with van der Waals surface area (Å²) in [5.74, 6) is 1.11. The van der Waals surface area contributed by atoms with Crippen molar-refractivity contribution in [3.05, 3.63) is 23.3 Å². The Bertz CT molecular complexity index is 627. The number of hydrogen-bond acceptors (Lipinski definition) is 4. The zero-order chi connectivity index (χ0) is 16.3. The van der Waals surface area contributed by atoms with E-state index < -0.39 is 10.0 Å². The first kappa shape index (κ1) is 17.2. The largest absolute Gasteiger partial charge is 0.496 e. The maximum atomic E-state index is 13.0. The lowest BCUT2D eigenvalue weighted by Gasteiger charge is -2.32. The SMILES string of the molecule is CNC[C@H]1CCCN(S(=O)(=O)c2cc(C)c(OC)cc2C)C1. The molecule has 1 aliphatic rings. The molecular weight excluding hydrogens is 300 g/mol. The van der Waals surface area contributed by atoms with Gasteiger partial charge in [0.1, 0.15) is 5.75 Å². The second kappa shape index (κ2) is 6.98. The number of benzene rings is 1. The van der Waals surface area contributed by atoms with Gasteiger partial charge in [-0.3, -0.25) is 0 Å². The van der Waals surface area contributed by atoms with Gasteiger partial charge in [-0.15, -0.1) is 0 Å². The molecule has 1 saturated heterocycles. The van der Waals surface area contributed by atoms with Crippen LogP contribution in [0.25, 0.3) is 0 Å². The van der Waals surface area contributed by atoms with Gasteiger partial charge in [0, 0.05) is 13.1 Å². The number of piperidine rings is 1. The molecule has 22 heavy (non-hydrogen) atoms. The van der Waals surface area contributed by atoms with Gasteiger partial charge in [0.15, 0.2) is 0 Å². The lowest BCUT2D eigenvalue weighted by molar-refractivity contribution is 0.263. The van der Waals surface area contributed by atoms with Crippen LogP contribution in [0.4, 0.5) is 0 Å². The van der Waals surface area contributed by atoms with Gasteiger partial charge in [0.05, 0.1) is 12.0 Å². The molecule has 0 aromatic heterocycles. The average molecular weight is 326 g/mol. The van der Waals surface area contributed by atoms with Crippen LogP contribution in [0, 0.1) is 19.8 Å². The third-order valence-corrected chi connectivity index (χ3v) is 6.29. The number of hydrogen-bond donors (Lipinski definition) is 1. The van der Waals surface area contributed by atoms with Crippen molar-refractivity contribution in [3.8, 4) is 5.75 Å². The van der Waals surface area contributed by atoms with Crippen molar-refractivity contribution in [2.45, 2.75) is 31.6 Å². The summed E-state index contributed by atoms with van der Waals surface area (Å²) in [6.07, 6.45) is 1.99. The van der Waals surface area contributed by atoms with E-state index in [0.29, 0.717) is 23.9 Å². The fourth-order valence-corrected chi connectivity index (χ4v) is 4.95. The van der Waals surface area contributed by atoms with Crippen LogP contribution in [0.3, 0.4) is 0 Å². The van der Waals surface area contributed by atoms with Crippen molar-refractivity contribution in [2.75, 3.05) is 33.8 Å². The summed E-state index contributed by atoms with van der Waals surface area (Å²) < 4.78 is 32.9. The summed E-state index contributed by atoms with van der Waals surface area (Å²) in [6.45, 7) is 5.74. The minimum absolute atomic E-state index is 0.383. The van der Waals surface area contributed by atoms with Gasteiger partial charge >= 0.3 is 0 Å². The second-order valence-corrected chi connectivity index (χ2v) is 7.92. The first-order chi connectivity index (χ1) is 10.4. The fourth-order valence-electron chi connectivity index (χ4n) is 3.10. The number of nitrogens with zero attached hydrogens (tertiary/aromatic N) is 1. The van der Waals surface area contributed by atoms with Crippen LogP contribution in [0.2, 0.25) is 0 Å². The van der Waals surface area contributed by atoms with E-state index in [0.717, 1.165) is 36.3 Å². The predicted molar refractivity (Wildman–Crippen MR) is 87.9 cm³/mol. The van der Waals surface area contributed by atoms with Crippen molar-refractivity contribution in [1.29, 1.82) is 0 Å². The molecule has 6 heteroatoms. The molecule has 5 nitrogen and oxygen atoms in total. The van der Waals surface area contributed by atoms with Crippen LogP contribution in [0.15, 0.2) is 17.0 Å². The van der Waals surface area contributed by atoms with E-state index in [4.69, 9.17) is 4.74 Å². The molecule has 1 atom stereocenters. The summed E-state index contributed by atoms with van der Waals surface area (Å²) >= 11 is 0. The predicted octanol–water partition coefficient (Wildman–Crippen LogP) is 1.93. The quantitative estimate of drug-likeness (QED) is 0.898. The molecule has 1 aromatic rings. The Morgan fingerprint density at radius 3 is 2.68 bits per heavy atom. The van der Waals surface area contributed by atoms with Gasteiger partial charge in [-0.05, 0) is 69.5 Å². The Hall–Kier alpha value is -1.11. The molecule has 0 aliphatic carbocycles. The van der Waals surface area contributed by atoms with Gasteiger partial charge in [-0.1, -0.05) is 0 Å². The Morgan fingerprint density at radius 2 is 2.05 bits per heavy atom. The highest BCUT2D eigenvalue weighted by Crippen LogP contribution is 2.29. The Labute approximate surface area is 133 Å². The summed E-state index contributed by atoms with van der Waals surface area (Å²) in [7, 11) is 0.0659. The molecule has 124 valence electrons. The molecule has 0 unspecified atom stereocenters. The van der Waals surface area contributed by atoms with Gasteiger partial charge in [-0.25, -0.2) is 8.42 Å². The van der Waals surface area contributed by atoms with E-state index in [1.54, 1.807) is 23.5 Å². The van der Waals surface area contributed by atoms with E-state index in [9.17, 15) is 8.42 Å². The second-order valence-electron chi connectivity index (χ2n) is 6.02. The first-order valence-corrected chi connectivity index (χ1v) is 9.14. The molecule has 0 spiro atoms. The smallest absolute Gasteiger partial charge is 0.243 e. The Kier molecular flexibility index (Phi) is 5.47. The number of nitrogens with one attached hydrogen (secondary N) is 1. The van der Waals surface area contributed by atoms with Crippen molar-refractivity contribution >= 4 is 10.0 Å². The highest BCUT2D eigenvalue weighted by molar-refractivity contribution is 7.89. The molecule has 1 aromatic carbocycles. The normalized spacial score (nSPS) is 20.1. The van der Waals surface area contributed by atoms with Gasteiger partial charge in [0.2, 0.25) is 10.0 Å². The number of aryl methyl sites for hydroxylation is 2. The van der Waals surface area contributed by atoms with Crippen LogP contribution >= 0.6 is 0 Å². The highest BCUT2D eigenvalue weighted by Gasteiger charge is 2.31. The summed E-state index contributed by atoms with van der Waals surface area (Å²) in [5, 5.41) is 3.15. The van der Waals surface area contributed by atoms with Crippen molar-refractivity contribution < 1.29 is 13.2 Å². The Balaban J connectivity index is 2.32. The Morgan fingerprint density at radius 1 is 1.32 bits per heavy atom. The average Bonchev–Trinajstić information content (AvgIpc) is 2.49. The lowest BCUT2D eigenvalue weighted by Crippen LogP contribution is -2.42. The molecule has 0 saturated carbocycles. The number of sulfonamides is 1. The van der Waals surface area contributed by atoms with E-state index in [1.807, 2.05) is 20.9 Å². The molecule has 2 rings (SSSR count). The van der Waals surface area contributed by atoms with Gasteiger partial charge < -0.3 is 10.1 Å². The molecule has 1 N–H and O–H groups in total. The minimum atomic E-state index is -3.44. The standard InChI is InChI=1S/C16H26N2O3S/c1-12-9-16(13(2)8-15(12)21-4)22(19,20)18-7-5-6-14(11-18)10-17-3/h8-9,14,17H,5-7,10-11H2,1-4H3/t14-/m1/s1. The summed E-state index contributed by atoms with van der Waals surface area (Å²) in [4.78, 5) is 0.399. The van der Waals surface area contributed by atoms with E-state index in [1.165, 1.54) is 0 Å². The van der Waals surface area contributed by atoms with Gasteiger partial charge in [0.25, 0.3) is 0 Å². The molecule has 0 bridgehead atoms. The zero-order valence-electron chi connectivity index (χ0n) is 13.8. The zero-order valence-corrected chi connectivity index (χ0v) is 14.7. The number of methoxy groups -OCH3 is 1. The van der Waals surface area contributed by atoms with Crippen molar-refractivity contribution in [1.82, 2.24) is 9.62 Å². The van der Waals surface area contributed by atoms with Crippen LogP contribution in [0.1, 0.15) is 24.0 Å². The van der Waals surface area contributed by atoms with Crippen LogP contribution in [-0.4, -0.2) is 46.5 Å². The topological polar surface area (TPSA) is 58.6 Å². The molecule has 0 amide bonds. The summed E-state index contributed by atoms with van der Waals surface area (Å²) in [5.41, 5.74) is 1.58. The minimum Gasteiger partial charge on any atom is -0.496 e.